The molecule has 0 atom stereocenters. The molecule has 2 rings (SSSR count). The van der Waals surface area contributed by atoms with E-state index >= 15 is 0 Å². The molecule has 0 radical (unpaired) electrons. The minimum atomic E-state index is -0.163. The fourth-order valence-corrected chi connectivity index (χ4v) is 2.85. The maximum atomic E-state index is 12.6. The SMILES string of the molecule is COC(=O)C1CCN(C(=O)c2cc(C)c(C)cc2C)CC1. The molecule has 1 aromatic rings. The number of methoxy groups -OCH3 is 1. The second kappa shape index (κ2) is 6.29. The van der Waals surface area contributed by atoms with Crippen molar-refractivity contribution in [3.63, 3.8) is 0 Å². The maximum Gasteiger partial charge on any atom is 0.308 e. The molecule has 4 heteroatoms. The third-order valence-electron chi connectivity index (χ3n) is 4.39. The van der Waals surface area contributed by atoms with Crippen molar-refractivity contribution in [1.29, 1.82) is 0 Å². The number of hydrogen-bond donors (Lipinski definition) is 0. The largest absolute Gasteiger partial charge is 0.469 e. The van der Waals surface area contributed by atoms with Gasteiger partial charge in [-0.2, -0.15) is 0 Å². The van der Waals surface area contributed by atoms with Crippen LogP contribution in [0.5, 0.6) is 0 Å². The first-order valence-corrected chi connectivity index (χ1v) is 7.39. The Morgan fingerprint density at radius 2 is 1.62 bits per heavy atom. The smallest absolute Gasteiger partial charge is 0.308 e. The molecule has 1 saturated heterocycles. The van der Waals surface area contributed by atoms with Gasteiger partial charge in [0.2, 0.25) is 0 Å². The predicted molar refractivity (Wildman–Crippen MR) is 81.3 cm³/mol. The summed E-state index contributed by atoms with van der Waals surface area (Å²) in [6.45, 7) is 7.28. The van der Waals surface area contributed by atoms with Crippen LogP contribution in [-0.4, -0.2) is 37.0 Å². The number of piperidine rings is 1. The number of likely N-dealkylation sites (tertiary alicyclic amines) is 1. The Hall–Kier alpha value is -1.84. The van der Waals surface area contributed by atoms with Gasteiger partial charge in [-0.1, -0.05) is 6.07 Å². The van der Waals surface area contributed by atoms with Crippen LogP contribution in [0, 0.1) is 26.7 Å². The van der Waals surface area contributed by atoms with Crippen molar-refractivity contribution >= 4 is 11.9 Å². The second-order valence-corrected chi connectivity index (χ2v) is 5.84. The van der Waals surface area contributed by atoms with Crippen molar-refractivity contribution < 1.29 is 14.3 Å². The van der Waals surface area contributed by atoms with Crippen LogP contribution in [-0.2, 0) is 9.53 Å². The topological polar surface area (TPSA) is 46.6 Å². The molecule has 1 aromatic carbocycles. The first-order chi connectivity index (χ1) is 9.93. The van der Waals surface area contributed by atoms with Crippen LogP contribution in [0.15, 0.2) is 12.1 Å². The molecule has 1 aliphatic heterocycles. The fraction of sp³-hybridized carbons (Fsp3) is 0.529. The molecular weight excluding hydrogens is 266 g/mol. The summed E-state index contributed by atoms with van der Waals surface area (Å²) in [7, 11) is 1.41. The van der Waals surface area contributed by atoms with E-state index in [0.717, 1.165) is 16.7 Å². The van der Waals surface area contributed by atoms with E-state index in [9.17, 15) is 9.59 Å². The molecule has 1 amide bonds. The van der Waals surface area contributed by atoms with Crippen molar-refractivity contribution in [3.8, 4) is 0 Å². The van der Waals surface area contributed by atoms with E-state index < -0.39 is 0 Å². The third-order valence-corrected chi connectivity index (χ3v) is 4.39. The van der Waals surface area contributed by atoms with Crippen molar-refractivity contribution in [2.45, 2.75) is 33.6 Å². The lowest BCUT2D eigenvalue weighted by molar-refractivity contribution is -0.146. The number of hydrogen-bond acceptors (Lipinski definition) is 3. The molecule has 114 valence electrons. The Kier molecular flexibility index (Phi) is 4.66. The van der Waals surface area contributed by atoms with Crippen LogP contribution in [0.1, 0.15) is 39.9 Å². The van der Waals surface area contributed by atoms with Crippen LogP contribution < -0.4 is 0 Å². The summed E-state index contributed by atoms with van der Waals surface area (Å²) in [5, 5.41) is 0. The van der Waals surface area contributed by atoms with E-state index in [0.29, 0.717) is 25.9 Å². The molecule has 0 bridgehead atoms. The van der Waals surface area contributed by atoms with E-state index in [1.165, 1.54) is 12.7 Å². The molecule has 0 saturated carbocycles. The summed E-state index contributed by atoms with van der Waals surface area (Å²) in [5.74, 6) is -0.164. The van der Waals surface area contributed by atoms with Gasteiger partial charge in [-0.25, -0.2) is 0 Å². The molecule has 0 spiro atoms. The summed E-state index contributed by atoms with van der Waals surface area (Å²) in [5.41, 5.74) is 4.12. The van der Waals surface area contributed by atoms with Gasteiger partial charge in [-0.05, 0) is 56.4 Å². The average Bonchev–Trinajstić information content (AvgIpc) is 2.49. The molecule has 0 N–H and O–H groups in total. The molecule has 0 aliphatic carbocycles. The molecule has 0 unspecified atom stereocenters. The number of carbonyl (C=O) groups is 2. The third kappa shape index (κ3) is 3.26. The van der Waals surface area contributed by atoms with Gasteiger partial charge in [0, 0.05) is 18.7 Å². The van der Waals surface area contributed by atoms with Crippen molar-refractivity contribution in [2.75, 3.05) is 20.2 Å². The Labute approximate surface area is 126 Å². The summed E-state index contributed by atoms with van der Waals surface area (Å²) in [6, 6.07) is 4.03. The van der Waals surface area contributed by atoms with Crippen LogP contribution in [0.4, 0.5) is 0 Å². The van der Waals surface area contributed by atoms with Gasteiger partial charge >= 0.3 is 5.97 Å². The minimum Gasteiger partial charge on any atom is -0.469 e. The molecule has 1 fully saturated rings. The summed E-state index contributed by atoms with van der Waals surface area (Å²) in [6.07, 6.45) is 1.37. The second-order valence-electron chi connectivity index (χ2n) is 5.84. The number of amides is 1. The molecular formula is C17H23NO3. The van der Waals surface area contributed by atoms with E-state index in [4.69, 9.17) is 4.74 Å². The van der Waals surface area contributed by atoms with Gasteiger partial charge in [0.25, 0.3) is 5.91 Å². The van der Waals surface area contributed by atoms with Gasteiger partial charge in [0.15, 0.2) is 0 Å². The quantitative estimate of drug-likeness (QED) is 0.786. The number of nitrogens with zero attached hydrogens (tertiary/aromatic N) is 1. The Balaban J connectivity index is 2.09. The normalized spacial score (nSPS) is 15.9. The van der Waals surface area contributed by atoms with Gasteiger partial charge in [0.1, 0.15) is 0 Å². The van der Waals surface area contributed by atoms with Gasteiger partial charge in [0.05, 0.1) is 13.0 Å². The highest BCUT2D eigenvalue weighted by molar-refractivity contribution is 5.96. The van der Waals surface area contributed by atoms with Crippen LogP contribution >= 0.6 is 0 Å². The zero-order valence-electron chi connectivity index (χ0n) is 13.2. The molecule has 4 nitrogen and oxygen atoms in total. The number of esters is 1. The summed E-state index contributed by atoms with van der Waals surface area (Å²) in [4.78, 5) is 26.0. The number of aryl methyl sites for hydroxylation is 3. The average molecular weight is 289 g/mol. The van der Waals surface area contributed by atoms with Gasteiger partial charge in [-0.3, -0.25) is 9.59 Å². The number of carbonyl (C=O) groups excluding carboxylic acids is 2. The number of benzene rings is 1. The van der Waals surface area contributed by atoms with E-state index in [-0.39, 0.29) is 17.8 Å². The number of ether oxygens (including phenoxy) is 1. The van der Waals surface area contributed by atoms with Crippen molar-refractivity contribution in [3.05, 3.63) is 34.4 Å². The highest BCUT2D eigenvalue weighted by Crippen LogP contribution is 2.22. The predicted octanol–water partition coefficient (Wildman–Crippen LogP) is 2.64. The Bertz CT molecular complexity index is 557. The molecule has 0 aromatic heterocycles. The molecule has 1 aliphatic rings. The fourth-order valence-electron chi connectivity index (χ4n) is 2.85. The van der Waals surface area contributed by atoms with Crippen molar-refractivity contribution in [1.82, 2.24) is 4.90 Å². The maximum absolute atomic E-state index is 12.6. The van der Waals surface area contributed by atoms with E-state index in [2.05, 4.69) is 13.0 Å². The first kappa shape index (κ1) is 15.5. The van der Waals surface area contributed by atoms with Crippen LogP contribution in [0.2, 0.25) is 0 Å². The number of rotatable bonds is 2. The zero-order valence-corrected chi connectivity index (χ0v) is 13.2. The van der Waals surface area contributed by atoms with Crippen LogP contribution in [0.3, 0.4) is 0 Å². The van der Waals surface area contributed by atoms with Crippen LogP contribution in [0.25, 0.3) is 0 Å². The Morgan fingerprint density at radius 3 is 2.19 bits per heavy atom. The first-order valence-electron chi connectivity index (χ1n) is 7.39. The van der Waals surface area contributed by atoms with E-state index in [1.54, 1.807) is 0 Å². The highest BCUT2D eigenvalue weighted by atomic mass is 16.5. The lowest BCUT2D eigenvalue weighted by Gasteiger charge is -2.31. The van der Waals surface area contributed by atoms with Gasteiger partial charge in [-0.15, -0.1) is 0 Å². The monoisotopic (exact) mass is 289 g/mol. The summed E-state index contributed by atoms with van der Waals surface area (Å²) < 4.78 is 4.78. The Morgan fingerprint density at radius 1 is 1.05 bits per heavy atom. The van der Waals surface area contributed by atoms with E-state index in [1.807, 2.05) is 24.8 Å². The van der Waals surface area contributed by atoms with Crippen molar-refractivity contribution in [2.24, 2.45) is 5.92 Å². The zero-order chi connectivity index (χ0) is 15.6. The minimum absolute atomic E-state index is 0.0684. The molecule has 21 heavy (non-hydrogen) atoms. The lowest BCUT2D eigenvalue weighted by atomic mass is 9.95. The summed E-state index contributed by atoms with van der Waals surface area (Å²) >= 11 is 0. The standard InChI is InChI=1S/C17H23NO3/c1-11-9-13(3)15(10-12(11)2)16(19)18-7-5-14(6-8-18)17(20)21-4/h9-10,14H,5-8H2,1-4H3. The lowest BCUT2D eigenvalue weighted by Crippen LogP contribution is -2.40. The highest BCUT2D eigenvalue weighted by Gasteiger charge is 2.28. The molecule has 1 heterocycles. The van der Waals surface area contributed by atoms with Gasteiger partial charge < -0.3 is 9.64 Å².